The van der Waals surface area contributed by atoms with Gasteiger partial charge in [-0.15, -0.1) is 0 Å². The Labute approximate surface area is 120 Å². The van der Waals surface area contributed by atoms with Crippen molar-refractivity contribution < 1.29 is 0 Å². The van der Waals surface area contributed by atoms with Gasteiger partial charge in [0.15, 0.2) is 0 Å². The molecular weight excluding hydrogens is 232 g/mol. The Morgan fingerprint density at radius 1 is 1.16 bits per heavy atom. The van der Waals surface area contributed by atoms with E-state index in [1.54, 1.807) is 0 Å². The van der Waals surface area contributed by atoms with Crippen LogP contribution in [-0.4, -0.2) is 37.1 Å². The highest BCUT2D eigenvalue weighted by atomic mass is 15.2. The Balaban J connectivity index is 1.94. The van der Waals surface area contributed by atoms with Crippen LogP contribution in [0.5, 0.6) is 0 Å². The zero-order chi connectivity index (χ0) is 13.9. The van der Waals surface area contributed by atoms with Crippen molar-refractivity contribution in [2.45, 2.75) is 65.8 Å². The molecule has 2 nitrogen and oxygen atoms in total. The van der Waals surface area contributed by atoms with Crippen LogP contribution in [0.2, 0.25) is 0 Å². The minimum absolute atomic E-state index is 0.560. The van der Waals surface area contributed by atoms with Crippen molar-refractivity contribution in [2.75, 3.05) is 26.2 Å². The van der Waals surface area contributed by atoms with Gasteiger partial charge < -0.3 is 5.32 Å². The fraction of sp³-hybridized carbons (Fsp3) is 1.00. The third-order valence-corrected chi connectivity index (χ3v) is 5.22. The molecule has 0 bridgehead atoms. The molecular formula is C17H34N2. The minimum Gasteiger partial charge on any atom is -0.317 e. The van der Waals surface area contributed by atoms with Gasteiger partial charge in [-0.2, -0.15) is 0 Å². The lowest BCUT2D eigenvalue weighted by molar-refractivity contribution is 0.126. The molecule has 0 spiro atoms. The van der Waals surface area contributed by atoms with Gasteiger partial charge in [0.05, 0.1) is 0 Å². The molecule has 1 heterocycles. The highest BCUT2D eigenvalue weighted by molar-refractivity contribution is 4.93. The van der Waals surface area contributed by atoms with Gasteiger partial charge in [-0.25, -0.2) is 0 Å². The summed E-state index contributed by atoms with van der Waals surface area (Å²) < 4.78 is 0. The van der Waals surface area contributed by atoms with Gasteiger partial charge in [0.25, 0.3) is 0 Å². The number of nitrogens with one attached hydrogen (secondary N) is 1. The monoisotopic (exact) mass is 266 g/mol. The fourth-order valence-electron chi connectivity index (χ4n) is 4.42. The van der Waals surface area contributed by atoms with Gasteiger partial charge in [-0.05, 0) is 69.0 Å². The van der Waals surface area contributed by atoms with Crippen LogP contribution in [-0.2, 0) is 0 Å². The Morgan fingerprint density at radius 3 is 2.37 bits per heavy atom. The lowest BCUT2D eigenvalue weighted by atomic mass is 9.91. The molecule has 1 saturated carbocycles. The summed E-state index contributed by atoms with van der Waals surface area (Å²) in [5.41, 5.74) is 0.560. The molecule has 2 aliphatic rings. The lowest BCUT2D eigenvalue weighted by Gasteiger charge is -2.36. The van der Waals surface area contributed by atoms with Gasteiger partial charge in [0.2, 0.25) is 0 Å². The number of hydrogen-bond donors (Lipinski definition) is 1. The van der Waals surface area contributed by atoms with Gasteiger partial charge >= 0.3 is 0 Å². The summed E-state index contributed by atoms with van der Waals surface area (Å²) in [5.74, 6) is 1.81. The first-order chi connectivity index (χ1) is 9.02. The van der Waals surface area contributed by atoms with Gasteiger partial charge in [-0.3, -0.25) is 4.90 Å². The Bertz CT molecular complexity index is 268. The Hall–Kier alpha value is -0.0800. The van der Waals surface area contributed by atoms with Crippen LogP contribution in [0.4, 0.5) is 0 Å². The average Bonchev–Trinajstić information content (AvgIpc) is 2.63. The SMILES string of the molecule is CCCN(CC1CCNCC1)C1CC(C)(C)CC1C. The maximum atomic E-state index is 3.49. The first-order valence-corrected chi connectivity index (χ1v) is 8.46. The predicted molar refractivity (Wildman–Crippen MR) is 83.4 cm³/mol. The summed E-state index contributed by atoms with van der Waals surface area (Å²) in [7, 11) is 0. The second-order valence-corrected chi connectivity index (χ2v) is 7.81. The van der Waals surface area contributed by atoms with Gasteiger partial charge in [-0.1, -0.05) is 27.7 Å². The van der Waals surface area contributed by atoms with Crippen LogP contribution in [0.25, 0.3) is 0 Å². The molecule has 1 saturated heterocycles. The van der Waals surface area contributed by atoms with E-state index in [0.29, 0.717) is 5.41 Å². The topological polar surface area (TPSA) is 15.3 Å². The fourth-order valence-corrected chi connectivity index (χ4v) is 4.42. The molecule has 2 atom stereocenters. The van der Waals surface area contributed by atoms with Crippen molar-refractivity contribution in [3.63, 3.8) is 0 Å². The van der Waals surface area contributed by atoms with Crippen LogP contribution >= 0.6 is 0 Å². The third-order valence-electron chi connectivity index (χ3n) is 5.22. The largest absolute Gasteiger partial charge is 0.317 e. The lowest BCUT2D eigenvalue weighted by Crippen LogP contribution is -2.43. The van der Waals surface area contributed by atoms with Gasteiger partial charge in [0.1, 0.15) is 0 Å². The van der Waals surface area contributed by atoms with E-state index in [4.69, 9.17) is 0 Å². The van der Waals surface area contributed by atoms with Crippen molar-refractivity contribution in [1.82, 2.24) is 10.2 Å². The van der Waals surface area contributed by atoms with Gasteiger partial charge in [0, 0.05) is 12.6 Å². The molecule has 0 aromatic carbocycles. The molecule has 1 N–H and O–H groups in total. The third kappa shape index (κ3) is 4.19. The zero-order valence-corrected chi connectivity index (χ0v) is 13.5. The molecule has 2 fully saturated rings. The normalized spacial score (nSPS) is 32.1. The molecule has 0 amide bonds. The summed E-state index contributed by atoms with van der Waals surface area (Å²) in [5, 5.41) is 3.49. The summed E-state index contributed by atoms with van der Waals surface area (Å²) in [6, 6.07) is 0.838. The van der Waals surface area contributed by atoms with E-state index in [9.17, 15) is 0 Å². The van der Waals surface area contributed by atoms with Crippen molar-refractivity contribution in [3.8, 4) is 0 Å². The maximum Gasteiger partial charge on any atom is 0.0126 e. The Kier molecular flexibility index (Phi) is 5.30. The smallest absolute Gasteiger partial charge is 0.0126 e. The summed E-state index contributed by atoms with van der Waals surface area (Å²) >= 11 is 0. The van der Waals surface area contributed by atoms with E-state index in [0.717, 1.165) is 17.9 Å². The summed E-state index contributed by atoms with van der Waals surface area (Å²) in [4.78, 5) is 2.84. The maximum absolute atomic E-state index is 3.49. The number of hydrogen-bond acceptors (Lipinski definition) is 2. The van der Waals surface area contributed by atoms with Crippen molar-refractivity contribution >= 4 is 0 Å². The molecule has 1 aliphatic heterocycles. The van der Waals surface area contributed by atoms with E-state index in [1.165, 1.54) is 58.3 Å². The average molecular weight is 266 g/mol. The van der Waals surface area contributed by atoms with E-state index >= 15 is 0 Å². The van der Waals surface area contributed by atoms with E-state index in [-0.39, 0.29) is 0 Å². The summed E-state index contributed by atoms with van der Waals surface area (Å²) in [6.45, 7) is 14.8. The van der Waals surface area contributed by atoms with E-state index in [2.05, 4.69) is 37.9 Å². The number of piperidine rings is 1. The van der Waals surface area contributed by atoms with Crippen molar-refractivity contribution in [1.29, 1.82) is 0 Å². The molecule has 2 heteroatoms. The predicted octanol–water partition coefficient (Wildman–Crippen LogP) is 3.52. The number of rotatable bonds is 5. The quantitative estimate of drug-likeness (QED) is 0.819. The standard InChI is InChI=1S/C17H34N2/c1-5-10-19(13-15-6-8-18-9-7-15)16-12-17(3,4)11-14(16)2/h14-16,18H,5-13H2,1-4H3. The second-order valence-electron chi connectivity index (χ2n) is 7.81. The molecule has 0 radical (unpaired) electrons. The van der Waals surface area contributed by atoms with Crippen LogP contribution in [0.1, 0.15) is 59.8 Å². The van der Waals surface area contributed by atoms with Crippen LogP contribution < -0.4 is 5.32 Å². The number of nitrogens with zero attached hydrogens (tertiary/aromatic N) is 1. The van der Waals surface area contributed by atoms with E-state index < -0.39 is 0 Å². The first-order valence-electron chi connectivity index (χ1n) is 8.46. The summed E-state index contributed by atoms with van der Waals surface area (Å²) in [6.07, 6.45) is 6.87. The highest BCUT2D eigenvalue weighted by Gasteiger charge is 2.39. The van der Waals surface area contributed by atoms with E-state index in [1.807, 2.05) is 0 Å². The Morgan fingerprint density at radius 2 is 1.84 bits per heavy atom. The zero-order valence-electron chi connectivity index (χ0n) is 13.5. The molecule has 2 unspecified atom stereocenters. The van der Waals surface area contributed by atoms with Crippen LogP contribution in [0.15, 0.2) is 0 Å². The van der Waals surface area contributed by atoms with Crippen LogP contribution in [0, 0.1) is 17.3 Å². The molecule has 0 aromatic rings. The highest BCUT2D eigenvalue weighted by Crippen LogP contribution is 2.43. The molecule has 19 heavy (non-hydrogen) atoms. The minimum atomic E-state index is 0.560. The molecule has 1 aliphatic carbocycles. The molecule has 112 valence electrons. The van der Waals surface area contributed by atoms with Crippen LogP contribution in [0.3, 0.4) is 0 Å². The molecule has 0 aromatic heterocycles. The molecule has 2 rings (SSSR count). The second kappa shape index (κ2) is 6.58. The van der Waals surface area contributed by atoms with Crippen molar-refractivity contribution in [3.05, 3.63) is 0 Å². The van der Waals surface area contributed by atoms with Crippen molar-refractivity contribution in [2.24, 2.45) is 17.3 Å². The first kappa shape index (κ1) is 15.3.